The highest BCUT2D eigenvalue weighted by atomic mass is 16.5. The van der Waals surface area contributed by atoms with Gasteiger partial charge >= 0.3 is 5.97 Å². The number of fused-ring (bicyclic) bond motifs is 4. The van der Waals surface area contributed by atoms with Crippen LogP contribution in [0.25, 0.3) is 0 Å². The fourth-order valence-electron chi connectivity index (χ4n) is 9.60. The molecule has 0 bridgehead atoms. The van der Waals surface area contributed by atoms with Gasteiger partial charge in [-0.3, -0.25) is 24.0 Å². The molecule has 1 heterocycles. The Bertz CT molecular complexity index is 1480. The number of amides is 2. The Balaban J connectivity index is 1.33. The lowest BCUT2D eigenvalue weighted by Gasteiger charge is -2.56. The molecule has 0 aromatic carbocycles. The van der Waals surface area contributed by atoms with Gasteiger partial charge in [0.25, 0.3) is 5.91 Å². The summed E-state index contributed by atoms with van der Waals surface area (Å²) >= 11 is 0. The number of primary amides is 1. The van der Waals surface area contributed by atoms with Crippen molar-refractivity contribution in [2.75, 3.05) is 5.32 Å². The maximum absolute atomic E-state index is 14.3. The number of H-pyrrole nitrogens is 1. The summed E-state index contributed by atoms with van der Waals surface area (Å²) in [5.41, 5.74) is 7.40. The number of hydrogen-bond acceptors (Lipinski definition) is 7. The van der Waals surface area contributed by atoms with Crippen LogP contribution in [0.4, 0.5) is 5.82 Å². The van der Waals surface area contributed by atoms with Crippen LogP contribution in [0.2, 0.25) is 0 Å². The van der Waals surface area contributed by atoms with Crippen molar-refractivity contribution in [3.63, 3.8) is 0 Å². The van der Waals surface area contributed by atoms with E-state index in [-0.39, 0.29) is 75.4 Å². The number of nitrogens with zero attached hydrogens (tertiary/aromatic N) is 1. The number of esters is 1. The van der Waals surface area contributed by atoms with Gasteiger partial charge in [0.05, 0.1) is 12.2 Å². The molecule has 5 rings (SSSR count). The molecule has 244 valence electrons. The number of ether oxygens (including phenoxy) is 1. The van der Waals surface area contributed by atoms with E-state index >= 15 is 0 Å². The maximum atomic E-state index is 14.3. The van der Waals surface area contributed by atoms with E-state index in [0.717, 1.165) is 36.0 Å². The van der Waals surface area contributed by atoms with Crippen LogP contribution in [-0.2, 0) is 23.9 Å². The highest BCUT2D eigenvalue weighted by molar-refractivity contribution is 6.02. The number of carbonyl (C=O) groups is 5. The quantitative estimate of drug-likeness (QED) is 0.249. The second kappa shape index (κ2) is 12.0. The Morgan fingerprint density at radius 1 is 1.22 bits per heavy atom. The third-order valence-corrected chi connectivity index (χ3v) is 12.1. The zero-order chi connectivity index (χ0) is 33.0. The first-order valence-electron chi connectivity index (χ1n) is 16.4. The van der Waals surface area contributed by atoms with Crippen LogP contribution >= 0.6 is 0 Å². The summed E-state index contributed by atoms with van der Waals surface area (Å²) in [5.74, 6) is -0.920. The Kier molecular flexibility index (Phi) is 8.74. The molecule has 2 saturated carbocycles. The number of Topliss-reactive ketones (excluding diaryl/α,β-unsaturated/α-hetero) is 2. The van der Waals surface area contributed by atoms with E-state index in [1.165, 1.54) is 13.3 Å². The Labute approximate surface area is 265 Å². The van der Waals surface area contributed by atoms with Gasteiger partial charge in [-0.1, -0.05) is 39.8 Å². The van der Waals surface area contributed by atoms with Crippen molar-refractivity contribution in [1.29, 1.82) is 0 Å². The molecule has 0 aliphatic heterocycles. The van der Waals surface area contributed by atoms with Gasteiger partial charge in [-0.25, -0.2) is 4.98 Å². The van der Waals surface area contributed by atoms with Gasteiger partial charge in [0.2, 0.25) is 5.91 Å². The molecule has 45 heavy (non-hydrogen) atoms. The summed E-state index contributed by atoms with van der Waals surface area (Å²) in [6.45, 7) is 16.0. The molecule has 1 aromatic heterocycles. The molecule has 0 radical (unpaired) electrons. The summed E-state index contributed by atoms with van der Waals surface area (Å²) in [6.07, 6.45) is 6.35. The number of anilines is 1. The first-order valence-corrected chi connectivity index (χ1v) is 16.4. The molecule has 10 nitrogen and oxygen atoms in total. The van der Waals surface area contributed by atoms with Gasteiger partial charge in [-0.15, -0.1) is 0 Å². The topological polar surface area (TPSA) is 161 Å². The number of aromatic amines is 1. The standard InChI is InChI=1S/C35H48N4O6/c1-17(19(3)33(44)39-32-30(31(36)43)37-16-38-32)8-9-18(2)22-10-11-23-28-27(45-21(5)40)14-24-20(4)25(41)12-13-34(24,6)29(28)26(42)15-35(22,23)7/h16,18-20,22-24,27H,1,8-15H2,2-7H3,(H2,36,43)(H,37,38)(H,39,44)/t18-,19+,20+,22-,23+,24+,27-,34+,35-/m1/s1. The van der Waals surface area contributed by atoms with Gasteiger partial charge in [0, 0.05) is 36.7 Å². The Hall–Kier alpha value is -3.56. The monoisotopic (exact) mass is 620 g/mol. The summed E-state index contributed by atoms with van der Waals surface area (Å²) in [7, 11) is 0. The van der Waals surface area contributed by atoms with E-state index in [4.69, 9.17) is 10.5 Å². The minimum Gasteiger partial charge on any atom is -0.458 e. The molecule has 1 aromatic rings. The largest absolute Gasteiger partial charge is 0.458 e. The van der Waals surface area contributed by atoms with E-state index in [0.29, 0.717) is 32.1 Å². The van der Waals surface area contributed by atoms with Gasteiger partial charge in [-0.2, -0.15) is 0 Å². The molecular weight excluding hydrogens is 572 g/mol. The lowest BCUT2D eigenvalue weighted by molar-refractivity contribution is -0.150. The van der Waals surface area contributed by atoms with Gasteiger partial charge in [0.15, 0.2) is 11.6 Å². The molecule has 2 fully saturated rings. The Morgan fingerprint density at radius 3 is 2.60 bits per heavy atom. The van der Waals surface area contributed by atoms with Crippen LogP contribution in [0, 0.1) is 46.3 Å². The second-order valence-electron chi connectivity index (χ2n) is 14.7. The number of rotatable bonds is 9. The van der Waals surface area contributed by atoms with Crippen LogP contribution in [0.1, 0.15) is 103 Å². The number of hydrogen-bond donors (Lipinski definition) is 3. The van der Waals surface area contributed by atoms with E-state index in [1.807, 2.05) is 6.92 Å². The molecule has 0 unspecified atom stereocenters. The number of ketones is 2. The summed E-state index contributed by atoms with van der Waals surface area (Å²) in [6, 6.07) is 0. The van der Waals surface area contributed by atoms with Crippen molar-refractivity contribution < 1.29 is 28.7 Å². The number of nitrogens with two attached hydrogens (primary N) is 1. The maximum Gasteiger partial charge on any atom is 0.303 e. The molecule has 4 aliphatic carbocycles. The predicted octanol–water partition coefficient (Wildman–Crippen LogP) is 5.31. The fraction of sp³-hybridized carbons (Fsp3) is 0.657. The van der Waals surface area contributed by atoms with Crippen molar-refractivity contribution in [1.82, 2.24) is 9.97 Å². The third kappa shape index (κ3) is 5.58. The van der Waals surface area contributed by atoms with Crippen molar-refractivity contribution >= 4 is 35.2 Å². The van der Waals surface area contributed by atoms with E-state index in [9.17, 15) is 24.0 Å². The minimum atomic E-state index is -0.708. The van der Waals surface area contributed by atoms with Gasteiger partial charge in [-0.05, 0) is 80.1 Å². The average molecular weight is 621 g/mol. The molecule has 4 aliphatic rings. The molecule has 2 amide bonds. The van der Waals surface area contributed by atoms with Crippen molar-refractivity contribution in [3.8, 4) is 0 Å². The average Bonchev–Trinajstić information content (AvgIpc) is 3.57. The molecule has 9 atom stereocenters. The first-order chi connectivity index (χ1) is 21.1. The number of allylic oxidation sites excluding steroid dienone is 1. The van der Waals surface area contributed by atoms with Crippen LogP contribution in [0.15, 0.2) is 29.6 Å². The lowest BCUT2D eigenvalue weighted by atomic mass is 9.48. The number of nitrogens with one attached hydrogen (secondary N) is 2. The molecule has 4 N–H and O–H groups in total. The SMILES string of the molecule is C=C(CC[C@@H](C)[C@H]1CC[C@H]2C3=C(C(=O)C[C@]12C)[C@@]1(C)CCC(=O)[C@@H](C)[C@@H]1C[C@H]3OC(C)=O)[C@H](C)C(=O)Nc1nc[nH]c1C(N)=O. The zero-order valence-electron chi connectivity index (χ0n) is 27.5. The molecule has 10 heteroatoms. The smallest absolute Gasteiger partial charge is 0.303 e. The number of imidazole rings is 1. The van der Waals surface area contributed by atoms with Crippen molar-refractivity contribution in [2.45, 2.75) is 99.0 Å². The van der Waals surface area contributed by atoms with Crippen molar-refractivity contribution in [3.05, 3.63) is 35.3 Å². The number of aromatic nitrogens is 2. The Morgan fingerprint density at radius 2 is 1.93 bits per heavy atom. The summed E-state index contributed by atoms with van der Waals surface area (Å²) in [4.78, 5) is 70.5. The highest BCUT2D eigenvalue weighted by Crippen LogP contribution is 2.65. The third-order valence-electron chi connectivity index (χ3n) is 12.1. The van der Waals surface area contributed by atoms with Gasteiger partial charge in [0.1, 0.15) is 17.6 Å². The van der Waals surface area contributed by atoms with Crippen LogP contribution in [0.3, 0.4) is 0 Å². The minimum absolute atomic E-state index is 0.0214. The summed E-state index contributed by atoms with van der Waals surface area (Å²) in [5, 5.41) is 2.68. The number of carbonyl (C=O) groups excluding carboxylic acids is 5. The van der Waals surface area contributed by atoms with E-state index in [1.54, 1.807) is 6.92 Å². The van der Waals surface area contributed by atoms with Crippen LogP contribution in [0.5, 0.6) is 0 Å². The normalized spacial score (nSPS) is 33.9. The fourth-order valence-corrected chi connectivity index (χ4v) is 9.60. The van der Waals surface area contributed by atoms with Crippen LogP contribution < -0.4 is 11.1 Å². The summed E-state index contributed by atoms with van der Waals surface area (Å²) < 4.78 is 5.98. The second-order valence-corrected chi connectivity index (χ2v) is 14.7. The van der Waals surface area contributed by atoms with Gasteiger partial charge < -0.3 is 20.8 Å². The highest BCUT2D eigenvalue weighted by Gasteiger charge is 2.62. The molecule has 0 saturated heterocycles. The zero-order valence-corrected chi connectivity index (χ0v) is 27.5. The van der Waals surface area contributed by atoms with E-state index < -0.39 is 17.9 Å². The predicted molar refractivity (Wildman–Crippen MR) is 169 cm³/mol. The lowest BCUT2D eigenvalue weighted by Crippen LogP contribution is -2.54. The van der Waals surface area contributed by atoms with E-state index in [2.05, 4.69) is 42.6 Å². The van der Waals surface area contributed by atoms with Crippen LogP contribution in [-0.4, -0.2) is 45.4 Å². The molecule has 0 spiro atoms. The van der Waals surface area contributed by atoms with Crippen molar-refractivity contribution in [2.24, 2.45) is 52.1 Å². The molecular formula is C35H48N4O6. The first kappa shape index (κ1) is 32.8.